The summed E-state index contributed by atoms with van der Waals surface area (Å²) in [5.41, 5.74) is 6.80. The summed E-state index contributed by atoms with van der Waals surface area (Å²) in [6.07, 6.45) is 7.80. The average Bonchev–Trinajstić information content (AvgIpc) is 3.60. The lowest BCUT2D eigenvalue weighted by atomic mass is 9.76. The molecular weight excluding hydrogens is 979 g/mol. The Hall–Kier alpha value is -1.66. The van der Waals surface area contributed by atoms with Gasteiger partial charge in [0.05, 0.1) is 17.3 Å². The quantitative estimate of drug-likeness (QED) is 0.194. The first-order chi connectivity index (χ1) is 25.9. The first kappa shape index (κ1) is 41.5. The van der Waals surface area contributed by atoms with Crippen LogP contribution in [-0.2, 0) is 11.0 Å². The third kappa shape index (κ3) is 9.01. The van der Waals surface area contributed by atoms with Crippen LogP contribution in [0.3, 0.4) is 0 Å². The van der Waals surface area contributed by atoms with Crippen molar-refractivity contribution in [1.29, 1.82) is 0 Å². The number of aromatic nitrogens is 2. The van der Waals surface area contributed by atoms with Crippen LogP contribution < -0.4 is 16.7 Å². The average molecular weight is 1030 g/mol. The van der Waals surface area contributed by atoms with Crippen LogP contribution in [0.4, 0.5) is 18.0 Å². The fraction of sp³-hybridized carbons (Fsp3) is 0.658. The third-order valence-electron chi connectivity index (χ3n) is 12.8. The SMILES string of the molecule is CN1C2CCC1CC(C1CCN(C(=O)[C@@H](CC3=CC(Br)(Br)C(N)C(Br)(Br)C3)NC(=O)N3CCC(n4cc(-c5cccc(C(F)(F)F)c5)[nH]c4=O)CC3)CC1)C2. The second-order valence-electron chi connectivity index (χ2n) is 16.2. The molecule has 7 rings (SSSR count). The van der Waals surface area contributed by atoms with E-state index >= 15 is 0 Å². The fourth-order valence-electron chi connectivity index (χ4n) is 9.63. The molecule has 2 aromatic rings. The van der Waals surface area contributed by atoms with Gasteiger partial charge in [0.15, 0.2) is 0 Å². The van der Waals surface area contributed by atoms with Gasteiger partial charge in [-0.15, -0.1) is 0 Å². The number of urea groups is 1. The molecule has 4 atom stereocenters. The first-order valence-corrected chi connectivity index (χ1v) is 22.3. The number of carbonyl (C=O) groups excluding carboxylic acids is 2. The van der Waals surface area contributed by atoms with Gasteiger partial charge in [-0.2, -0.15) is 13.2 Å². The third-order valence-corrected chi connectivity index (χ3v) is 15.8. The molecule has 1 aromatic carbocycles. The van der Waals surface area contributed by atoms with Crippen molar-refractivity contribution >= 4 is 75.7 Å². The molecule has 4 N–H and O–H groups in total. The van der Waals surface area contributed by atoms with Gasteiger partial charge in [-0.1, -0.05) is 87.5 Å². The van der Waals surface area contributed by atoms with Crippen LogP contribution in [0.25, 0.3) is 11.3 Å². The molecule has 0 radical (unpaired) electrons. The number of halogens is 7. The van der Waals surface area contributed by atoms with Crippen LogP contribution in [-0.4, -0.2) is 100 Å². The van der Waals surface area contributed by atoms with Crippen molar-refractivity contribution in [3.63, 3.8) is 0 Å². The summed E-state index contributed by atoms with van der Waals surface area (Å²) in [6.45, 7) is 2.02. The van der Waals surface area contributed by atoms with Crippen molar-refractivity contribution < 1.29 is 22.8 Å². The summed E-state index contributed by atoms with van der Waals surface area (Å²) < 4.78 is 40.1. The maximum absolute atomic E-state index is 14.4. The summed E-state index contributed by atoms with van der Waals surface area (Å²) in [7, 11) is 2.27. The topological polar surface area (TPSA) is 120 Å². The number of imidazole rings is 1. The van der Waals surface area contributed by atoms with Crippen LogP contribution in [0, 0.1) is 11.8 Å². The van der Waals surface area contributed by atoms with E-state index in [1.54, 1.807) is 11.1 Å². The number of H-pyrrole nitrogens is 1. The van der Waals surface area contributed by atoms with Crippen molar-refractivity contribution in [3.05, 3.63) is 58.2 Å². The second kappa shape index (κ2) is 16.2. The molecule has 17 heteroatoms. The van der Waals surface area contributed by atoms with E-state index in [1.165, 1.54) is 42.4 Å². The molecule has 1 aromatic heterocycles. The molecule has 5 aliphatic rings. The number of hydrogen-bond acceptors (Lipinski definition) is 5. The normalized spacial score (nSPS) is 28.2. The van der Waals surface area contributed by atoms with Crippen LogP contribution >= 0.6 is 63.7 Å². The minimum absolute atomic E-state index is 0.0913. The van der Waals surface area contributed by atoms with Crippen LogP contribution in [0.5, 0.6) is 0 Å². The summed E-state index contributed by atoms with van der Waals surface area (Å²) in [6, 6.07) is 4.45. The van der Waals surface area contributed by atoms with Crippen molar-refractivity contribution in [2.24, 2.45) is 17.6 Å². The van der Waals surface area contributed by atoms with Crippen LogP contribution in [0.2, 0.25) is 0 Å². The molecular formula is C38H48Br4F3N7O3. The largest absolute Gasteiger partial charge is 0.416 e. The zero-order chi connectivity index (χ0) is 39.4. The molecule has 5 heterocycles. The number of piperidine rings is 3. The number of rotatable bonds is 7. The Kier molecular flexibility index (Phi) is 12.2. The lowest BCUT2D eigenvalue weighted by Crippen LogP contribution is -2.56. The Labute approximate surface area is 353 Å². The minimum atomic E-state index is -4.50. The number of nitrogens with one attached hydrogen (secondary N) is 2. The molecule has 3 amide bonds. The van der Waals surface area contributed by atoms with E-state index in [4.69, 9.17) is 5.73 Å². The zero-order valence-corrected chi connectivity index (χ0v) is 37.0. The Bertz CT molecular complexity index is 1820. The summed E-state index contributed by atoms with van der Waals surface area (Å²) in [5, 5.41) is 3.10. The van der Waals surface area contributed by atoms with E-state index in [1.807, 2.05) is 11.0 Å². The Morgan fingerprint density at radius 3 is 2.20 bits per heavy atom. The fourth-order valence-corrected chi connectivity index (χ4v) is 13.7. The highest BCUT2D eigenvalue weighted by molar-refractivity contribution is 9.26. The van der Waals surface area contributed by atoms with E-state index in [9.17, 15) is 27.6 Å². The van der Waals surface area contributed by atoms with Gasteiger partial charge in [0, 0.05) is 56.1 Å². The van der Waals surface area contributed by atoms with Crippen molar-refractivity contribution in [2.45, 2.75) is 107 Å². The molecule has 55 heavy (non-hydrogen) atoms. The maximum atomic E-state index is 14.4. The summed E-state index contributed by atoms with van der Waals surface area (Å²) in [5.74, 6) is 1.22. The number of benzene rings is 1. The predicted octanol–water partition coefficient (Wildman–Crippen LogP) is 7.71. The number of nitrogens with zero attached hydrogens (tertiary/aromatic N) is 4. The maximum Gasteiger partial charge on any atom is 0.416 e. The van der Waals surface area contributed by atoms with Crippen molar-refractivity contribution in [3.8, 4) is 11.3 Å². The molecule has 2 bridgehead atoms. The summed E-state index contributed by atoms with van der Waals surface area (Å²) in [4.78, 5) is 50.1. The highest BCUT2D eigenvalue weighted by Crippen LogP contribution is 2.51. The number of aromatic amines is 1. The molecule has 10 nitrogen and oxygen atoms in total. The van der Waals surface area contributed by atoms with Crippen molar-refractivity contribution in [1.82, 2.24) is 29.6 Å². The number of amides is 3. The van der Waals surface area contributed by atoms with Gasteiger partial charge in [-0.25, -0.2) is 9.59 Å². The highest BCUT2D eigenvalue weighted by Gasteiger charge is 2.48. The van der Waals surface area contributed by atoms with E-state index in [-0.39, 0.29) is 29.6 Å². The molecule has 3 unspecified atom stereocenters. The number of fused-ring (bicyclic) bond motifs is 2. The van der Waals surface area contributed by atoms with E-state index in [2.05, 4.69) is 86.0 Å². The first-order valence-electron chi connectivity index (χ1n) is 19.2. The molecule has 1 aliphatic carbocycles. The number of likely N-dealkylation sites (tertiary alicyclic amines) is 2. The van der Waals surface area contributed by atoms with E-state index in [0.717, 1.165) is 30.5 Å². The van der Waals surface area contributed by atoms with Gasteiger partial charge in [0.1, 0.15) is 12.5 Å². The van der Waals surface area contributed by atoms with Gasteiger partial charge in [-0.3, -0.25) is 9.36 Å². The second-order valence-corrected chi connectivity index (χ2v) is 23.8. The molecule has 0 spiro atoms. The summed E-state index contributed by atoms with van der Waals surface area (Å²) >= 11 is 14.9. The lowest BCUT2D eigenvalue weighted by molar-refractivity contribution is -0.137. The number of hydrogen-bond donors (Lipinski definition) is 3. The van der Waals surface area contributed by atoms with E-state index in [0.29, 0.717) is 81.5 Å². The molecule has 4 saturated heterocycles. The number of alkyl halides is 7. The van der Waals surface area contributed by atoms with Gasteiger partial charge >= 0.3 is 17.9 Å². The van der Waals surface area contributed by atoms with Crippen LogP contribution in [0.15, 0.2) is 46.9 Å². The molecule has 4 aliphatic heterocycles. The highest BCUT2D eigenvalue weighted by atomic mass is 79.9. The number of carbonyl (C=O) groups is 2. The monoisotopic (exact) mass is 1020 g/mol. The molecule has 302 valence electrons. The van der Waals surface area contributed by atoms with E-state index < -0.39 is 29.9 Å². The van der Waals surface area contributed by atoms with Gasteiger partial charge in [0.2, 0.25) is 5.91 Å². The Morgan fingerprint density at radius 2 is 1.58 bits per heavy atom. The number of nitrogens with two attached hydrogens (primary N) is 1. The predicted molar refractivity (Wildman–Crippen MR) is 221 cm³/mol. The standard InChI is InChI=1S/C38H48Br4F3N7O3/c1-49-28-5-6-29(49)18-25(17-28)23-7-11-50(12-8-23)32(53)30(15-22-19-36(39,40)33(46)37(41,42)20-22)47-34(54)51-13-9-27(10-14-51)52-21-31(48-35(52)55)24-3-2-4-26(16-24)38(43,44)45/h2-4,16,19,21,23,25,27-30,33H,5-15,17-18,20,46H2,1H3,(H,47,54)(H,48,55)/t25?,28?,29?,30-,33?/m1/s1. The smallest absolute Gasteiger partial charge is 0.341 e. The minimum Gasteiger partial charge on any atom is -0.341 e. The van der Waals surface area contributed by atoms with Crippen LogP contribution in [0.1, 0.15) is 75.8 Å². The zero-order valence-electron chi connectivity index (χ0n) is 30.6. The lowest BCUT2D eigenvalue weighted by Gasteiger charge is -2.43. The molecule has 0 saturated carbocycles. The Morgan fingerprint density at radius 1 is 0.945 bits per heavy atom. The van der Waals surface area contributed by atoms with Gasteiger partial charge in [-0.05, 0) is 95.2 Å². The van der Waals surface area contributed by atoms with Gasteiger partial charge < -0.3 is 30.7 Å². The van der Waals surface area contributed by atoms with Crippen molar-refractivity contribution in [2.75, 3.05) is 33.2 Å². The Balaban J connectivity index is 1.01. The molecule has 4 fully saturated rings. The van der Waals surface area contributed by atoms with Gasteiger partial charge in [0.25, 0.3) is 0 Å².